The van der Waals surface area contributed by atoms with Gasteiger partial charge in [0.25, 0.3) is 5.56 Å². The van der Waals surface area contributed by atoms with Crippen molar-refractivity contribution < 1.29 is 0 Å². The van der Waals surface area contributed by atoms with Crippen LogP contribution < -0.4 is 10.9 Å². The third kappa shape index (κ3) is 3.07. The summed E-state index contributed by atoms with van der Waals surface area (Å²) >= 11 is 1.84. The van der Waals surface area contributed by atoms with Crippen LogP contribution in [0.5, 0.6) is 0 Å². The molecule has 2 aromatic rings. The second-order valence-corrected chi connectivity index (χ2v) is 5.45. The Kier molecular flexibility index (Phi) is 4.31. The van der Waals surface area contributed by atoms with E-state index in [1.807, 2.05) is 42.1 Å². The van der Waals surface area contributed by atoms with E-state index in [4.69, 9.17) is 0 Å². The van der Waals surface area contributed by atoms with E-state index < -0.39 is 0 Å². The van der Waals surface area contributed by atoms with Gasteiger partial charge in [0.15, 0.2) is 0 Å². The van der Waals surface area contributed by atoms with Crippen LogP contribution in [-0.4, -0.2) is 23.5 Å². The van der Waals surface area contributed by atoms with Crippen molar-refractivity contribution in [1.29, 1.82) is 0 Å². The Morgan fingerprint density at radius 3 is 2.94 bits per heavy atom. The number of hydrogen-bond acceptors (Lipinski definition) is 3. The van der Waals surface area contributed by atoms with E-state index >= 15 is 0 Å². The van der Waals surface area contributed by atoms with E-state index in [0.29, 0.717) is 5.92 Å². The van der Waals surface area contributed by atoms with Crippen LogP contribution in [0.2, 0.25) is 0 Å². The molecule has 0 fully saturated rings. The molecule has 0 bridgehead atoms. The van der Waals surface area contributed by atoms with Gasteiger partial charge in [0.1, 0.15) is 5.82 Å². The number of H-pyrrole nitrogens is 1. The van der Waals surface area contributed by atoms with E-state index in [9.17, 15) is 4.79 Å². The average Bonchev–Trinajstić information content (AvgIpc) is 2.37. The Morgan fingerprint density at radius 1 is 1.39 bits per heavy atom. The van der Waals surface area contributed by atoms with Gasteiger partial charge in [0, 0.05) is 11.9 Å². The van der Waals surface area contributed by atoms with Crippen LogP contribution in [0.15, 0.2) is 35.1 Å². The smallest absolute Gasteiger partial charge is 0.257 e. The molecular weight excluding hydrogens is 244 g/mol. The average molecular weight is 262 g/mol. The van der Waals surface area contributed by atoms with Gasteiger partial charge in [0.2, 0.25) is 0 Å². The molecule has 0 amide bonds. The Hall–Kier alpha value is -1.42. The highest BCUT2D eigenvalue weighted by molar-refractivity contribution is 7.98. The minimum absolute atomic E-state index is 0.0341. The number of pyridine rings is 1. The normalized spacial score (nSPS) is 12.6. The largest absolute Gasteiger partial charge is 0.371 e. The van der Waals surface area contributed by atoms with Crippen LogP contribution in [0.1, 0.15) is 6.92 Å². The van der Waals surface area contributed by atoms with E-state index in [-0.39, 0.29) is 5.56 Å². The molecule has 1 atom stereocenters. The second kappa shape index (κ2) is 5.96. The van der Waals surface area contributed by atoms with Crippen LogP contribution in [-0.2, 0) is 0 Å². The zero-order valence-electron chi connectivity index (χ0n) is 10.7. The third-order valence-corrected chi connectivity index (χ3v) is 3.75. The molecular formula is C14H18N2OS. The summed E-state index contributed by atoms with van der Waals surface area (Å²) in [6, 6.07) is 9.62. The van der Waals surface area contributed by atoms with Gasteiger partial charge in [-0.25, -0.2) is 0 Å². The maximum atomic E-state index is 11.9. The first-order chi connectivity index (χ1) is 8.70. The van der Waals surface area contributed by atoms with Gasteiger partial charge in [-0.15, -0.1) is 0 Å². The summed E-state index contributed by atoms with van der Waals surface area (Å²) < 4.78 is 0. The monoisotopic (exact) mass is 262 g/mol. The lowest BCUT2D eigenvalue weighted by atomic mass is 10.1. The molecule has 18 heavy (non-hydrogen) atoms. The standard InChI is InChI=1S/C14H18N2OS/c1-10(9-18-2)8-15-13-7-11-5-3-4-6-12(11)14(17)16-13/h3-7,10H,8-9H2,1-2H3,(H2,15,16,17). The minimum atomic E-state index is -0.0341. The van der Waals surface area contributed by atoms with Gasteiger partial charge < -0.3 is 10.3 Å². The molecule has 0 saturated carbocycles. The minimum Gasteiger partial charge on any atom is -0.371 e. The summed E-state index contributed by atoms with van der Waals surface area (Å²) in [5.41, 5.74) is -0.0341. The molecule has 0 spiro atoms. The van der Waals surface area contributed by atoms with Crippen LogP contribution in [0.3, 0.4) is 0 Å². The van der Waals surface area contributed by atoms with Crippen molar-refractivity contribution in [1.82, 2.24) is 4.98 Å². The molecule has 0 saturated heterocycles. The molecule has 0 aliphatic carbocycles. The van der Waals surface area contributed by atoms with Crippen molar-refractivity contribution in [3.63, 3.8) is 0 Å². The summed E-state index contributed by atoms with van der Waals surface area (Å²) in [5.74, 6) is 2.49. The van der Waals surface area contributed by atoms with Crippen LogP contribution in [0.25, 0.3) is 10.8 Å². The second-order valence-electron chi connectivity index (χ2n) is 4.54. The Morgan fingerprint density at radius 2 is 2.17 bits per heavy atom. The number of fused-ring (bicyclic) bond motifs is 1. The number of nitrogens with one attached hydrogen (secondary N) is 2. The summed E-state index contributed by atoms with van der Waals surface area (Å²) in [6.45, 7) is 3.07. The highest BCUT2D eigenvalue weighted by Crippen LogP contribution is 2.13. The molecule has 4 heteroatoms. The van der Waals surface area contributed by atoms with Gasteiger partial charge in [0.05, 0.1) is 0 Å². The maximum absolute atomic E-state index is 11.9. The first-order valence-electron chi connectivity index (χ1n) is 6.05. The van der Waals surface area contributed by atoms with E-state index in [1.165, 1.54) is 0 Å². The molecule has 1 unspecified atom stereocenters. The number of aromatic nitrogens is 1. The summed E-state index contributed by atoms with van der Waals surface area (Å²) in [6.07, 6.45) is 2.11. The van der Waals surface area contributed by atoms with Crippen molar-refractivity contribution in [2.75, 3.05) is 23.9 Å². The van der Waals surface area contributed by atoms with Gasteiger partial charge in [-0.3, -0.25) is 4.79 Å². The molecule has 1 heterocycles. The first kappa shape index (κ1) is 13.0. The quantitative estimate of drug-likeness (QED) is 0.871. The fourth-order valence-corrected chi connectivity index (χ4v) is 2.62. The van der Waals surface area contributed by atoms with Crippen LogP contribution in [0, 0.1) is 5.92 Å². The predicted octanol–water partition coefficient (Wildman–Crippen LogP) is 2.94. The number of aromatic amines is 1. The number of anilines is 1. The molecule has 1 aromatic carbocycles. The van der Waals surface area contributed by atoms with Crippen molar-refractivity contribution >= 4 is 28.4 Å². The SMILES string of the molecule is CSCC(C)CNc1cc2ccccc2c(=O)[nH]1. The molecule has 0 aliphatic rings. The van der Waals surface area contributed by atoms with Gasteiger partial charge >= 0.3 is 0 Å². The van der Waals surface area contributed by atoms with Crippen molar-refractivity contribution in [3.8, 4) is 0 Å². The fourth-order valence-electron chi connectivity index (χ4n) is 1.93. The Balaban J connectivity index is 2.17. The number of benzene rings is 1. The van der Waals surface area contributed by atoms with Crippen molar-refractivity contribution in [2.45, 2.75) is 6.92 Å². The lowest BCUT2D eigenvalue weighted by molar-refractivity contribution is 0.699. The topological polar surface area (TPSA) is 44.9 Å². The van der Waals surface area contributed by atoms with E-state index in [2.05, 4.69) is 23.5 Å². The molecule has 0 radical (unpaired) electrons. The third-order valence-electron chi connectivity index (χ3n) is 2.85. The fraction of sp³-hybridized carbons (Fsp3) is 0.357. The zero-order chi connectivity index (χ0) is 13.0. The van der Waals surface area contributed by atoms with Crippen LogP contribution in [0.4, 0.5) is 5.82 Å². The summed E-state index contributed by atoms with van der Waals surface area (Å²) in [5, 5.41) is 5.00. The lowest BCUT2D eigenvalue weighted by Gasteiger charge is -2.12. The molecule has 96 valence electrons. The van der Waals surface area contributed by atoms with E-state index in [0.717, 1.165) is 28.9 Å². The Bertz CT molecular complexity index is 579. The van der Waals surface area contributed by atoms with Gasteiger partial charge in [-0.1, -0.05) is 25.1 Å². The first-order valence-corrected chi connectivity index (χ1v) is 7.45. The Labute approximate surface area is 111 Å². The molecule has 0 aliphatic heterocycles. The zero-order valence-corrected chi connectivity index (χ0v) is 11.5. The highest BCUT2D eigenvalue weighted by atomic mass is 32.2. The van der Waals surface area contributed by atoms with Crippen LogP contribution >= 0.6 is 11.8 Å². The molecule has 3 nitrogen and oxygen atoms in total. The molecule has 2 rings (SSSR count). The van der Waals surface area contributed by atoms with Crippen molar-refractivity contribution in [2.24, 2.45) is 5.92 Å². The summed E-state index contributed by atoms with van der Waals surface area (Å²) in [4.78, 5) is 14.7. The number of hydrogen-bond donors (Lipinski definition) is 2. The number of rotatable bonds is 5. The van der Waals surface area contributed by atoms with E-state index in [1.54, 1.807) is 0 Å². The maximum Gasteiger partial charge on any atom is 0.257 e. The lowest BCUT2D eigenvalue weighted by Crippen LogP contribution is -2.16. The van der Waals surface area contributed by atoms with Gasteiger partial charge in [-0.05, 0) is 35.4 Å². The molecule has 2 N–H and O–H groups in total. The predicted molar refractivity (Wildman–Crippen MR) is 80.6 cm³/mol. The highest BCUT2D eigenvalue weighted by Gasteiger charge is 2.03. The number of thioether (sulfide) groups is 1. The summed E-state index contributed by atoms with van der Waals surface area (Å²) in [7, 11) is 0. The van der Waals surface area contributed by atoms with Crippen molar-refractivity contribution in [3.05, 3.63) is 40.7 Å². The van der Waals surface area contributed by atoms with Gasteiger partial charge in [-0.2, -0.15) is 11.8 Å². The molecule has 1 aromatic heterocycles.